The average molecular weight is 233 g/mol. The molecule has 0 aliphatic heterocycles. The van der Waals surface area contributed by atoms with Crippen molar-refractivity contribution in [3.63, 3.8) is 0 Å². The van der Waals surface area contributed by atoms with Gasteiger partial charge in [0.25, 0.3) is 0 Å². The molecule has 1 saturated carbocycles. The first kappa shape index (κ1) is 7.88. The maximum atomic E-state index is 6.07. The number of rotatable bonds is 1. The number of hydrogen-bond donors (Lipinski definition) is 0. The smallest absolute Gasteiger partial charge is 0.0409 e. The molecule has 0 aromatic heterocycles. The molecule has 1 radical (unpaired) electrons. The van der Waals surface area contributed by atoms with Crippen LogP contribution in [0.1, 0.15) is 19.3 Å². The molecule has 2 heteroatoms. The predicted molar refractivity (Wildman–Crippen MR) is 51.5 cm³/mol. The molecule has 11 heavy (non-hydrogen) atoms. The molecule has 1 fully saturated rings. The quantitative estimate of drug-likeness (QED) is 0.645. The van der Waals surface area contributed by atoms with Gasteiger partial charge < -0.3 is 0 Å². The molecule has 0 saturated heterocycles. The molecule has 2 aliphatic rings. The monoisotopic (exact) mass is 231 g/mol. The Balaban J connectivity index is 2.29. The summed E-state index contributed by atoms with van der Waals surface area (Å²) in [5.74, 6) is 0.740. The largest absolute Gasteiger partial charge is 0.0843 e. The van der Waals surface area contributed by atoms with E-state index in [0.717, 1.165) is 17.4 Å². The van der Waals surface area contributed by atoms with E-state index in [1.807, 2.05) is 0 Å². The van der Waals surface area contributed by atoms with Crippen molar-refractivity contribution >= 4 is 27.5 Å². The third-order valence-electron chi connectivity index (χ3n) is 2.09. The molecule has 0 spiro atoms. The summed E-state index contributed by atoms with van der Waals surface area (Å²) < 4.78 is 1.22. The van der Waals surface area contributed by atoms with Crippen LogP contribution in [0.5, 0.6) is 0 Å². The minimum Gasteiger partial charge on any atom is -0.0843 e. The zero-order valence-corrected chi connectivity index (χ0v) is 8.45. The molecule has 0 bridgehead atoms. The van der Waals surface area contributed by atoms with Gasteiger partial charge in [-0.05, 0) is 30.8 Å². The second kappa shape index (κ2) is 2.95. The molecule has 2 rings (SSSR count). The van der Waals surface area contributed by atoms with Crippen molar-refractivity contribution in [2.45, 2.75) is 19.3 Å². The number of halogens is 2. The third kappa shape index (κ3) is 1.54. The lowest BCUT2D eigenvalue weighted by Crippen LogP contribution is -1.96. The number of allylic oxidation sites excluding steroid dienone is 4. The van der Waals surface area contributed by atoms with Gasteiger partial charge in [-0.2, -0.15) is 0 Å². The van der Waals surface area contributed by atoms with Crippen LogP contribution in [0.15, 0.2) is 21.2 Å². The van der Waals surface area contributed by atoms with Gasteiger partial charge in [-0.15, -0.1) is 0 Å². The molecular formula is C9H9BrCl. The minimum atomic E-state index is 0.740. The Morgan fingerprint density at radius 2 is 2.18 bits per heavy atom. The molecule has 0 amide bonds. The number of hydrogen-bond acceptors (Lipinski definition) is 0. The van der Waals surface area contributed by atoms with Crippen LogP contribution in [-0.2, 0) is 0 Å². The summed E-state index contributed by atoms with van der Waals surface area (Å²) >= 11 is 9.60. The van der Waals surface area contributed by atoms with Crippen molar-refractivity contribution < 1.29 is 0 Å². The molecule has 0 nitrogen and oxygen atoms in total. The first-order valence-electron chi connectivity index (χ1n) is 3.88. The fourth-order valence-electron chi connectivity index (χ4n) is 1.36. The van der Waals surface area contributed by atoms with E-state index in [2.05, 4.69) is 28.4 Å². The zero-order valence-electron chi connectivity index (χ0n) is 6.11. The second-order valence-corrected chi connectivity index (χ2v) is 4.29. The van der Waals surface area contributed by atoms with Crippen molar-refractivity contribution in [1.29, 1.82) is 0 Å². The Morgan fingerprint density at radius 1 is 1.45 bits per heavy atom. The lowest BCUT2D eigenvalue weighted by Gasteiger charge is -2.13. The molecule has 0 atom stereocenters. The van der Waals surface area contributed by atoms with Crippen LogP contribution >= 0.6 is 27.5 Å². The van der Waals surface area contributed by atoms with Crippen LogP contribution in [0.3, 0.4) is 0 Å². The van der Waals surface area contributed by atoms with Gasteiger partial charge in [-0.1, -0.05) is 33.6 Å². The Labute approximate surface area is 80.4 Å². The topological polar surface area (TPSA) is 0 Å². The van der Waals surface area contributed by atoms with Crippen LogP contribution in [0.25, 0.3) is 0 Å². The summed E-state index contributed by atoms with van der Waals surface area (Å²) in [6, 6.07) is 0. The highest BCUT2D eigenvalue weighted by Crippen LogP contribution is 2.46. The maximum Gasteiger partial charge on any atom is 0.0409 e. The molecule has 2 aliphatic carbocycles. The summed E-state index contributed by atoms with van der Waals surface area (Å²) in [7, 11) is 0. The van der Waals surface area contributed by atoms with E-state index in [0.29, 0.717) is 0 Å². The predicted octanol–water partition coefficient (Wildman–Crippen LogP) is 3.78. The van der Waals surface area contributed by atoms with E-state index in [9.17, 15) is 0 Å². The first-order chi connectivity index (χ1) is 5.29. The van der Waals surface area contributed by atoms with Crippen molar-refractivity contribution in [2.75, 3.05) is 0 Å². The van der Waals surface area contributed by atoms with Crippen LogP contribution < -0.4 is 0 Å². The lowest BCUT2D eigenvalue weighted by atomic mass is 10.0. The standard InChI is InChI=1S/C9H9BrCl/c10-7-2-1-3-8(11)9(7)6-4-5-6/h2-3,6H,1,4-5H2. The fourth-order valence-corrected chi connectivity index (χ4v) is 2.55. The van der Waals surface area contributed by atoms with Gasteiger partial charge in [0.2, 0.25) is 0 Å². The van der Waals surface area contributed by atoms with E-state index >= 15 is 0 Å². The molecule has 0 aromatic rings. The van der Waals surface area contributed by atoms with E-state index in [4.69, 9.17) is 11.6 Å². The molecule has 0 aromatic carbocycles. The van der Waals surface area contributed by atoms with Gasteiger partial charge >= 0.3 is 0 Å². The first-order valence-corrected chi connectivity index (χ1v) is 5.05. The highest BCUT2D eigenvalue weighted by atomic mass is 79.9. The van der Waals surface area contributed by atoms with Crippen molar-refractivity contribution in [3.8, 4) is 0 Å². The summed E-state index contributed by atoms with van der Waals surface area (Å²) in [6.45, 7) is 0. The summed E-state index contributed by atoms with van der Waals surface area (Å²) in [5, 5.41) is 0.960. The highest BCUT2D eigenvalue weighted by Gasteiger charge is 2.30. The zero-order chi connectivity index (χ0) is 7.84. The van der Waals surface area contributed by atoms with Crippen LogP contribution in [0, 0.1) is 12.3 Å². The molecule has 0 unspecified atom stereocenters. The Hall–Kier alpha value is 0.250. The average Bonchev–Trinajstić information content (AvgIpc) is 2.70. The Bertz CT molecular complexity index is 236. The van der Waals surface area contributed by atoms with E-state index < -0.39 is 0 Å². The van der Waals surface area contributed by atoms with Gasteiger partial charge in [0.05, 0.1) is 0 Å². The van der Waals surface area contributed by atoms with Gasteiger partial charge in [0, 0.05) is 15.9 Å². The molecule has 0 heterocycles. The van der Waals surface area contributed by atoms with Crippen LogP contribution in [-0.4, -0.2) is 0 Å². The minimum absolute atomic E-state index is 0.740. The highest BCUT2D eigenvalue weighted by molar-refractivity contribution is 9.11. The summed E-state index contributed by atoms with van der Waals surface area (Å²) in [5.41, 5.74) is 1.33. The maximum absolute atomic E-state index is 6.07. The summed E-state index contributed by atoms with van der Waals surface area (Å²) in [4.78, 5) is 0. The summed E-state index contributed by atoms with van der Waals surface area (Å²) in [6.07, 6.45) is 7.85. The Kier molecular flexibility index (Phi) is 2.11. The van der Waals surface area contributed by atoms with Gasteiger partial charge in [-0.25, -0.2) is 0 Å². The lowest BCUT2D eigenvalue weighted by molar-refractivity contribution is 1.01. The van der Waals surface area contributed by atoms with Crippen molar-refractivity contribution in [2.24, 2.45) is 5.92 Å². The van der Waals surface area contributed by atoms with Gasteiger partial charge in [0.15, 0.2) is 0 Å². The molecule has 0 N–H and O–H groups in total. The van der Waals surface area contributed by atoms with Gasteiger partial charge in [0.1, 0.15) is 0 Å². The third-order valence-corrected chi connectivity index (χ3v) is 3.20. The van der Waals surface area contributed by atoms with Crippen LogP contribution in [0.2, 0.25) is 0 Å². The van der Waals surface area contributed by atoms with E-state index in [1.54, 1.807) is 0 Å². The molecule has 59 valence electrons. The van der Waals surface area contributed by atoms with Crippen molar-refractivity contribution in [1.82, 2.24) is 0 Å². The SMILES string of the molecule is ClC1=CC[CH]C(Br)=C1C1CC1. The van der Waals surface area contributed by atoms with Crippen LogP contribution in [0.4, 0.5) is 0 Å². The van der Waals surface area contributed by atoms with Crippen molar-refractivity contribution in [3.05, 3.63) is 27.6 Å². The van der Waals surface area contributed by atoms with Gasteiger partial charge in [-0.3, -0.25) is 0 Å². The molecular weight excluding hydrogens is 223 g/mol. The Morgan fingerprint density at radius 3 is 2.73 bits per heavy atom. The van der Waals surface area contributed by atoms with E-state index in [-0.39, 0.29) is 0 Å². The van der Waals surface area contributed by atoms with E-state index in [1.165, 1.54) is 22.9 Å². The second-order valence-electron chi connectivity index (χ2n) is 3.03. The normalized spacial score (nSPS) is 25.5. The fraction of sp³-hybridized carbons (Fsp3) is 0.444.